The lowest BCUT2D eigenvalue weighted by Crippen LogP contribution is -2.42. The number of aromatic nitrogens is 2. The number of fused-ring (bicyclic) bond motifs is 1. The molecule has 0 N–H and O–H groups in total. The minimum Gasteiger partial charge on any atom is -0.336 e. The Morgan fingerprint density at radius 1 is 1.57 bits per heavy atom. The van der Waals surface area contributed by atoms with E-state index >= 15 is 0 Å². The molecular formula is C15H18ClN3OS. The van der Waals surface area contributed by atoms with Gasteiger partial charge in [0, 0.05) is 30.2 Å². The van der Waals surface area contributed by atoms with E-state index in [2.05, 4.69) is 11.9 Å². The molecule has 21 heavy (non-hydrogen) atoms. The highest BCUT2D eigenvalue weighted by Gasteiger charge is 2.23. The number of amides is 1. The zero-order valence-electron chi connectivity index (χ0n) is 12.0. The summed E-state index contributed by atoms with van der Waals surface area (Å²) >= 11 is 7.66. The van der Waals surface area contributed by atoms with E-state index in [0.29, 0.717) is 11.2 Å². The number of piperidine rings is 1. The Morgan fingerprint density at radius 2 is 2.43 bits per heavy atom. The van der Waals surface area contributed by atoms with Crippen molar-refractivity contribution in [2.45, 2.75) is 38.6 Å². The van der Waals surface area contributed by atoms with Crippen LogP contribution in [-0.4, -0.2) is 32.8 Å². The fourth-order valence-corrected chi connectivity index (χ4v) is 3.89. The molecule has 0 saturated carbocycles. The van der Waals surface area contributed by atoms with Crippen LogP contribution in [0.1, 0.15) is 38.3 Å². The molecule has 1 unspecified atom stereocenters. The molecule has 112 valence electrons. The molecule has 1 amide bonds. The van der Waals surface area contributed by atoms with Gasteiger partial charge in [0.25, 0.3) is 0 Å². The maximum atomic E-state index is 12.4. The Labute approximate surface area is 133 Å². The third-order valence-electron chi connectivity index (χ3n) is 4.02. The highest BCUT2D eigenvalue weighted by Crippen LogP contribution is 2.23. The van der Waals surface area contributed by atoms with Crippen molar-refractivity contribution in [2.75, 3.05) is 6.54 Å². The predicted octanol–water partition coefficient (Wildman–Crippen LogP) is 3.85. The molecule has 0 aliphatic carbocycles. The first kappa shape index (κ1) is 14.6. The van der Waals surface area contributed by atoms with Crippen LogP contribution in [0.5, 0.6) is 0 Å². The van der Waals surface area contributed by atoms with Gasteiger partial charge < -0.3 is 4.90 Å². The summed E-state index contributed by atoms with van der Waals surface area (Å²) in [6, 6.07) is 0.373. The topological polar surface area (TPSA) is 37.6 Å². The van der Waals surface area contributed by atoms with Crippen LogP contribution < -0.4 is 0 Å². The Balaban J connectivity index is 1.80. The molecule has 2 aromatic heterocycles. The van der Waals surface area contributed by atoms with Gasteiger partial charge >= 0.3 is 0 Å². The van der Waals surface area contributed by atoms with Gasteiger partial charge in [0.2, 0.25) is 5.91 Å². The first-order valence-electron chi connectivity index (χ1n) is 7.30. The van der Waals surface area contributed by atoms with Crippen molar-refractivity contribution in [2.24, 2.45) is 0 Å². The maximum Gasteiger partial charge on any atom is 0.246 e. The lowest BCUT2D eigenvalue weighted by molar-refractivity contribution is -0.129. The molecule has 0 aromatic carbocycles. The van der Waals surface area contributed by atoms with Crippen LogP contribution >= 0.6 is 22.9 Å². The lowest BCUT2D eigenvalue weighted by Gasteiger charge is -2.34. The molecule has 1 atom stereocenters. The van der Waals surface area contributed by atoms with E-state index in [-0.39, 0.29) is 5.91 Å². The van der Waals surface area contributed by atoms with Crippen molar-refractivity contribution in [3.63, 3.8) is 0 Å². The molecule has 1 aliphatic rings. The standard InChI is InChI=1S/C15H18ClN3OS/c1-2-11-5-3-4-8-18(11)13(20)7-6-12-14(16)17-15-19(12)9-10-21-15/h6-7,9-11H,2-5,8H2,1H3/b7-6+. The van der Waals surface area contributed by atoms with E-state index in [1.54, 1.807) is 12.2 Å². The molecule has 3 rings (SSSR count). The van der Waals surface area contributed by atoms with Crippen LogP contribution in [0.25, 0.3) is 11.0 Å². The first-order chi connectivity index (χ1) is 10.2. The fourth-order valence-electron chi connectivity index (χ4n) is 2.89. The summed E-state index contributed by atoms with van der Waals surface area (Å²) in [4.78, 5) is 19.5. The summed E-state index contributed by atoms with van der Waals surface area (Å²) in [6.07, 6.45) is 9.76. The Morgan fingerprint density at radius 3 is 3.24 bits per heavy atom. The fraction of sp³-hybridized carbons (Fsp3) is 0.467. The van der Waals surface area contributed by atoms with Crippen LogP contribution in [0.4, 0.5) is 0 Å². The van der Waals surface area contributed by atoms with Crippen LogP contribution in [-0.2, 0) is 4.79 Å². The Kier molecular flexibility index (Phi) is 4.31. The highest BCUT2D eigenvalue weighted by molar-refractivity contribution is 7.15. The van der Waals surface area contributed by atoms with Crippen LogP contribution in [0.15, 0.2) is 17.7 Å². The quantitative estimate of drug-likeness (QED) is 0.804. The van der Waals surface area contributed by atoms with Crippen molar-refractivity contribution < 1.29 is 4.79 Å². The molecule has 1 aliphatic heterocycles. The molecule has 4 nitrogen and oxygen atoms in total. The van der Waals surface area contributed by atoms with E-state index in [4.69, 9.17) is 11.6 Å². The predicted molar refractivity (Wildman–Crippen MR) is 86.8 cm³/mol. The lowest BCUT2D eigenvalue weighted by atomic mass is 10.00. The van der Waals surface area contributed by atoms with Crippen molar-refractivity contribution in [3.05, 3.63) is 28.5 Å². The van der Waals surface area contributed by atoms with Crippen molar-refractivity contribution in [1.82, 2.24) is 14.3 Å². The number of likely N-dealkylation sites (tertiary alicyclic amines) is 1. The summed E-state index contributed by atoms with van der Waals surface area (Å²) in [5, 5.41) is 2.40. The third-order valence-corrected chi connectivity index (χ3v) is 5.05. The number of carbonyl (C=O) groups is 1. The Bertz CT molecular complexity index is 676. The summed E-state index contributed by atoms with van der Waals surface area (Å²) in [5.74, 6) is 0.0720. The second kappa shape index (κ2) is 6.20. The number of rotatable bonds is 3. The summed E-state index contributed by atoms with van der Waals surface area (Å²) in [5.41, 5.74) is 0.770. The monoisotopic (exact) mass is 323 g/mol. The summed E-state index contributed by atoms with van der Waals surface area (Å²) < 4.78 is 1.91. The number of hydrogen-bond donors (Lipinski definition) is 0. The largest absolute Gasteiger partial charge is 0.336 e. The van der Waals surface area contributed by atoms with Gasteiger partial charge in [-0.25, -0.2) is 4.98 Å². The second-order valence-corrected chi connectivity index (χ2v) is 6.50. The average molecular weight is 324 g/mol. The number of halogens is 1. The van der Waals surface area contributed by atoms with Crippen molar-refractivity contribution in [3.8, 4) is 0 Å². The molecule has 0 spiro atoms. The van der Waals surface area contributed by atoms with Gasteiger partial charge in [0.15, 0.2) is 10.1 Å². The van der Waals surface area contributed by atoms with Gasteiger partial charge in [-0.3, -0.25) is 9.20 Å². The smallest absolute Gasteiger partial charge is 0.246 e. The summed E-state index contributed by atoms with van der Waals surface area (Å²) in [7, 11) is 0. The maximum absolute atomic E-state index is 12.4. The van der Waals surface area contributed by atoms with Gasteiger partial charge in [0.05, 0.1) is 5.69 Å². The molecular weight excluding hydrogens is 306 g/mol. The van der Waals surface area contributed by atoms with Crippen molar-refractivity contribution in [1.29, 1.82) is 0 Å². The number of imidazole rings is 1. The summed E-state index contributed by atoms with van der Waals surface area (Å²) in [6.45, 7) is 3.00. The number of hydrogen-bond acceptors (Lipinski definition) is 3. The minimum absolute atomic E-state index is 0.0720. The normalized spacial score (nSPS) is 19.7. The van der Waals surface area contributed by atoms with Gasteiger partial charge in [-0.1, -0.05) is 18.5 Å². The van der Waals surface area contributed by atoms with Gasteiger partial charge in [-0.2, -0.15) is 0 Å². The van der Waals surface area contributed by atoms with E-state index < -0.39 is 0 Å². The SMILES string of the molecule is CCC1CCCCN1C(=O)/C=C/c1c(Cl)nc2sccn12. The van der Waals surface area contributed by atoms with E-state index in [1.807, 2.05) is 20.9 Å². The van der Waals surface area contributed by atoms with Gasteiger partial charge in [0.1, 0.15) is 0 Å². The van der Waals surface area contributed by atoms with Gasteiger partial charge in [-0.15, -0.1) is 11.3 Å². The zero-order valence-corrected chi connectivity index (χ0v) is 13.5. The van der Waals surface area contributed by atoms with Crippen LogP contribution in [0.2, 0.25) is 5.15 Å². The zero-order chi connectivity index (χ0) is 14.8. The second-order valence-electron chi connectivity index (χ2n) is 5.27. The molecule has 1 saturated heterocycles. The minimum atomic E-state index is 0.0720. The first-order valence-corrected chi connectivity index (χ1v) is 8.56. The average Bonchev–Trinajstić information content (AvgIpc) is 3.05. The number of carbonyl (C=O) groups excluding carboxylic acids is 1. The van der Waals surface area contributed by atoms with Crippen LogP contribution in [0.3, 0.4) is 0 Å². The van der Waals surface area contributed by atoms with Gasteiger partial charge in [-0.05, 0) is 31.8 Å². The molecule has 3 heterocycles. The molecule has 2 aromatic rings. The number of thiazole rings is 1. The third kappa shape index (κ3) is 2.85. The molecule has 6 heteroatoms. The Hall–Kier alpha value is -1.33. The van der Waals surface area contributed by atoms with E-state index in [1.165, 1.54) is 17.8 Å². The van der Waals surface area contributed by atoms with E-state index in [0.717, 1.165) is 36.5 Å². The molecule has 1 fully saturated rings. The van der Waals surface area contributed by atoms with Crippen LogP contribution in [0, 0.1) is 0 Å². The van der Waals surface area contributed by atoms with E-state index in [9.17, 15) is 4.79 Å². The molecule has 0 radical (unpaired) electrons. The molecule has 0 bridgehead atoms. The highest BCUT2D eigenvalue weighted by atomic mass is 35.5. The number of nitrogens with zero attached hydrogens (tertiary/aromatic N) is 3. The van der Waals surface area contributed by atoms with Crippen molar-refractivity contribution >= 4 is 39.9 Å².